The Labute approximate surface area is 102 Å². The van der Waals surface area contributed by atoms with Crippen molar-refractivity contribution in [2.24, 2.45) is 0 Å². The highest BCUT2D eigenvalue weighted by Crippen LogP contribution is 2.34. The van der Waals surface area contributed by atoms with Crippen molar-refractivity contribution in [3.63, 3.8) is 0 Å². The number of hydrogen-bond donors (Lipinski definition) is 1. The molecular weight excluding hydrogens is 216 g/mol. The smallest absolute Gasteiger partial charge is 0.249 e. The normalized spacial score (nSPS) is 27.4. The van der Waals surface area contributed by atoms with Gasteiger partial charge in [0, 0.05) is 6.54 Å². The van der Waals surface area contributed by atoms with Crippen LogP contribution in [0.4, 0.5) is 0 Å². The molecule has 0 radical (unpaired) electrons. The summed E-state index contributed by atoms with van der Waals surface area (Å²) in [7, 11) is 0. The lowest BCUT2D eigenvalue weighted by molar-refractivity contribution is -0.154. The molecule has 17 heavy (non-hydrogen) atoms. The standard InChI is InChI=1S/C13H20N2O2/c1-3-9-15-10(4-2)11(16)14-13(12(15)17)7-5-6-8-13/h3,10H,1,4-9H2,2H3,(H,14,16). The minimum atomic E-state index is -0.605. The summed E-state index contributed by atoms with van der Waals surface area (Å²) in [5, 5.41) is 2.97. The average Bonchev–Trinajstić information content (AvgIpc) is 2.76. The van der Waals surface area contributed by atoms with Crippen LogP contribution in [0.5, 0.6) is 0 Å². The highest BCUT2D eigenvalue weighted by molar-refractivity contribution is 6.00. The van der Waals surface area contributed by atoms with Gasteiger partial charge in [0.05, 0.1) is 0 Å². The van der Waals surface area contributed by atoms with Gasteiger partial charge in [-0.2, -0.15) is 0 Å². The van der Waals surface area contributed by atoms with Crippen LogP contribution in [0.25, 0.3) is 0 Å². The van der Waals surface area contributed by atoms with E-state index in [1.54, 1.807) is 11.0 Å². The van der Waals surface area contributed by atoms with Crippen molar-refractivity contribution in [2.45, 2.75) is 50.6 Å². The molecule has 1 atom stereocenters. The second-order valence-corrected chi connectivity index (χ2v) is 4.95. The fourth-order valence-corrected chi connectivity index (χ4v) is 3.00. The molecule has 4 nitrogen and oxygen atoms in total. The van der Waals surface area contributed by atoms with Crippen molar-refractivity contribution in [1.29, 1.82) is 0 Å². The monoisotopic (exact) mass is 236 g/mol. The van der Waals surface area contributed by atoms with Gasteiger partial charge < -0.3 is 10.2 Å². The van der Waals surface area contributed by atoms with Gasteiger partial charge in [-0.1, -0.05) is 25.8 Å². The van der Waals surface area contributed by atoms with Crippen LogP contribution in [0.1, 0.15) is 39.0 Å². The Morgan fingerprint density at radius 1 is 1.47 bits per heavy atom. The molecule has 2 fully saturated rings. The molecule has 1 unspecified atom stereocenters. The Balaban J connectivity index is 2.28. The third kappa shape index (κ3) is 1.85. The van der Waals surface area contributed by atoms with Gasteiger partial charge in [-0.05, 0) is 19.3 Å². The molecule has 0 bridgehead atoms. The van der Waals surface area contributed by atoms with Gasteiger partial charge in [0.25, 0.3) is 0 Å². The maximum absolute atomic E-state index is 12.5. The molecule has 0 aromatic heterocycles. The second-order valence-electron chi connectivity index (χ2n) is 4.95. The molecule has 1 aliphatic carbocycles. The van der Waals surface area contributed by atoms with Crippen LogP contribution in [-0.2, 0) is 9.59 Å². The first-order valence-corrected chi connectivity index (χ1v) is 6.38. The number of nitrogens with one attached hydrogen (secondary N) is 1. The van der Waals surface area contributed by atoms with E-state index in [1.807, 2.05) is 6.92 Å². The zero-order valence-electron chi connectivity index (χ0n) is 10.4. The molecule has 1 aliphatic heterocycles. The number of rotatable bonds is 3. The van der Waals surface area contributed by atoms with Gasteiger partial charge in [0.1, 0.15) is 11.6 Å². The van der Waals surface area contributed by atoms with Crippen LogP contribution >= 0.6 is 0 Å². The largest absolute Gasteiger partial charge is 0.340 e. The van der Waals surface area contributed by atoms with E-state index in [1.165, 1.54) is 0 Å². The van der Waals surface area contributed by atoms with Crippen molar-refractivity contribution >= 4 is 11.8 Å². The summed E-state index contributed by atoms with van der Waals surface area (Å²) in [6.07, 6.45) is 5.95. The molecule has 2 rings (SSSR count). The molecule has 94 valence electrons. The van der Waals surface area contributed by atoms with Crippen LogP contribution < -0.4 is 5.32 Å². The lowest BCUT2D eigenvalue weighted by atomic mass is 9.90. The molecular formula is C13H20N2O2. The number of carbonyl (C=O) groups is 2. The minimum absolute atomic E-state index is 0.00384. The van der Waals surface area contributed by atoms with Gasteiger partial charge in [-0.15, -0.1) is 6.58 Å². The highest BCUT2D eigenvalue weighted by atomic mass is 16.2. The van der Waals surface area contributed by atoms with Gasteiger partial charge >= 0.3 is 0 Å². The summed E-state index contributed by atoms with van der Waals surface area (Å²) < 4.78 is 0. The van der Waals surface area contributed by atoms with Crippen molar-refractivity contribution in [1.82, 2.24) is 10.2 Å². The molecule has 1 saturated carbocycles. The molecule has 1 spiro atoms. The third-order valence-corrected chi connectivity index (χ3v) is 3.88. The number of carbonyl (C=O) groups excluding carboxylic acids is 2. The topological polar surface area (TPSA) is 49.4 Å². The summed E-state index contributed by atoms with van der Waals surface area (Å²) in [5.74, 6) is 0.0807. The van der Waals surface area contributed by atoms with E-state index >= 15 is 0 Å². The Morgan fingerprint density at radius 2 is 2.12 bits per heavy atom. The summed E-state index contributed by atoms with van der Waals surface area (Å²) in [6, 6.07) is -0.327. The Morgan fingerprint density at radius 3 is 2.65 bits per heavy atom. The van der Waals surface area contributed by atoms with Gasteiger partial charge in [-0.3, -0.25) is 9.59 Å². The average molecular weight is 236 g/mol. The van der Waals surface area contributed by atoms with Crippen molar-refractivity contribution in [2.75, 3.05) is 6.54 Å². The molecule has 1 saturated heterocycles. The lowest BCUT2D eigenvalue weighted by Gasteiger charge is -2.43. The predicted molar refractivity (Wildman–Crippen MR) is 65.3 cm³/mol. The summed E-state index contributed by atoms with van der Waals surface area (Å²) >= 11 is 0. The second kappa shape index (κ2) is 4.51. The zero-order chi connectivity index (χ0) is 12.5. The van der Waals surface area contributed by atoms with Crippen molar-refractivity contribution < 1.29 is 9.59 Å². The Bertz CT molecular complexity index is 345. The maximum atomic E-state index is 12.5. The number of piperazine rings is 1. The molecule has 4 heteroatoms. The van der Waals surface area contributed by atoms with E-state index in [2.05, 4.69) is 11.9 Å². The molecule has 2 amide bonds. The first-order valence-electron chi connectivity index (χ1n) is 6.38. The number of hydrogen-bond acceptors (Lipinski definition) is 2. The van der Waals surface area contributed by atoms with Crippen LogP contribution in [0.2, 0.25) is 0 Å². The fourth-order valence-electron chi connectivity index (χ4n) is 3.00. The van der Waals surface area contributed by atoms with E-state index in [4.69, 9.17) is 0 Å². The summed E-state index contributed by atoms with van der Waals surface area (Å²) in [4.78, 5) is 26.3. The van der Waals surface area contributed by atoms with E-state index < -0.39 is 5.54 Å². The first kappa shape index (κ1) is 12.1. The summed E-state index contributed by atoms with van der Waals surface area (Å²) in [5.41, 5.74) is -0.605. The molecule has 2 aliphatic rings. The molecule has 0 aromatic carbocycles. The van der Waals surface area contributed by atoms with E-state index in [9.17, 15) is 9.59 Å². The highest BCUT2D eigenvalue weighted by Gasteiger charge is 2.51. The number of amides is 2. The minimum Gasteiger partial charge on any atom is -0.340 e. The number of nitrogens with zero attached hydrogens (tertiary/aromatic N) is 1. The SMILES string of the molecule is C=CCN1C(=O)C2(CCCC2)NC(=O)C1CC. The van der Waals surface area contributed by atoms with E-state index in [0.717, 1.165) is 25.7 Å². The lowest BCUT2D eigenvalue weighted by Crippen LogP contribution is -2.69. The predicted octanol–water partition coefficient (Wildman–Crippen LogP) is 1.22. The Hall–Kier alpha value is -1.32. The van der Waals surface area contributed by atoms with Gasteiger partial charge in [0.2, 0.25) is 11.8 Å². The zero-order valence-corrected chi connectivity index (χ0v) is 10.4. The van der Waals surface area contributed by atoms with Crippen LogP contribution in [0, 0.1) is 0 Å². The molecule has 1 N–H and O–H groups in total. The maximum Gasteiger partial charge on any atom is 0.249 e. The fraction of sp³-hybridized carbons (Fsp3) is 0.692. The van der Waals surface area contributed by atoms with Gasteiger partial charge in [-0.25, -0.2) is 0 Å². The summed E-state index contributed by atoms with van der Waals surface area (Å²) in [6.45, 7) is 6.07. The van der Waals surface area contributed by atoms with Crippen molar-refractivity contribution in [3.05, 3.63) is 12.7 Å². The third-order valence-electron chi connectivity index (χ3n) is 3.88. The van der Waals surface area contributed by atoms with E-state index in [-0.39, 0.29) is 17.9 Å². The van der Waals surface area contributed by atoms with Crippen LogP contribution in [0.15, 0.2) is 12.7 Å². The quantitative estimate of drug-likeness (QED) is 0.749. The van der Waals surface area contributed by atoms with E-state index in [0.29, 0.717) is 13.0 Å². The van der Waals surface area contributed by atoms with Gasteiger partial charge in [0.15, 0.2) is 0 Å². The van der Waals surface area contributed by atoms with Crippen LogP contribution in [-0.4, -0.2) is 34.8 Å². The first-order chi connectivity index (χ1) is 8.14. The molecule has 1 heterocycles. The molecule has 0 aromatic rings. The van der Waals surface area contributed by atoms with Crippen molar-refractivity contribution in [3.8, 4) is 0 Å². The van der Waals surface area contributed by atoms with Crippen LogP contribution in [0.3, 0.4) is 0 Å². The Kier molecular flexibility index (Phi) is 3.22.